The zero-order valence-corrected chi connectivity index (χ0v) is 13.1. The number of amides is 1. The van der Waals surface area contributed by atoms with Gasteiger partial charge in [-0.25, -0.2) is 4.39 Å². The van der Waals surface area contributed by atoms with Gasteiger partial charge in [-0.1, -0.05) is 29.8 Å². The largest absolute Gasteiger partial charge is 0.456 e. The predicted octanol–water partition coefficient (Wildman–Crippen LogP) is 5.63. The van der Waals surface area contributed by atoms with E-state index in [-0.39, 0.29) is 10.6 Å². The van der Waals surface area contributed by atoms with E-state index < -0.39 is 11.7 Å². The zero-order chi connectivity index (χ0) is 16.7. The van der Waals surface area contributed by atoms with Crippen molar-refractivity contribution in [2.24, 2.45) is 0 Å². The lowest BCUT2D eigenvalue weighted by atomic mass is 10.1. The predicted molar refractivity (Wildman–Crippen MR) is 93.1 cm³/mol. The van der Waals surface area contributed by atoms with Gasteiger partial charge in [-0.05, 0) is 42.5 Å². The maximum Gasteiger partial charge on any atom is 0.257 e. The van der Waals surface area contributed by atoms with Crippen molar-refractivity contribution in [3.63, 3.8) is 0 Å². The van der Waals surface area contributed by atoms with Gasteiger partial charge in [0.05, 0.1) is 10.6 Å². The van der Waals surface area contributed by atoms with Gasteiger partial charge in [-0.15, -0.1) is 0 Å². The molecular formula is C19H11ClFNO2. The highest BCUT2D eigenvalue weighted by Crippen LogP contribution is 2.30. The first-order valence-electron chi connectivity index (χ1n) is 7.29. The van der Waals surface area contributed by atoms with Crippen LogP contribution in [0.5, 0.6) is 0 Å². The molecule has 4 aromatic rings. The number of hydrogen-bond acceptors (Lipinski definition) is 2. The Morgan fingerprint density at radius 3 is 2.58 bits per heavy atom. The fourth-order valence-corrected chi connectivity index (χ4v) is 2.93. The molecule has 3 nitrogen and oxygen atoms in total. The zero-order valence-electron chi connectivity index (χ0n) is 12.3. The number of rotatable bonds is 2. The molecule has 0 aliphatic rings. The lowest BCUT2D eigenvalue weighted by Gasteiger charge is -2.07. The van der Waals surface area contributed by atoms with E-state index in [0.717, 1.165) is 28.0 Å². The van der Waals surface area contributed by atoms with E-state index in [2.05, 4.69) is 5.32 Å². The summed E-state index contributed by atoms with van der Waals surface area (Å²) in [5, 5.41) is 4.74. The molecule has 0 aliphatic carbocycles. The van der Waals surface area contributed by atoms with Gasteiger partial charge in [0.1, 0.15) is 17.0 Å². The summed E-state index contributed by atoms with van der Waals surface area (Å²) in [7, 11) is 0. The highest BCUT2D eigenvalue weighted by atomic mass is 35.5. The SMILES string of the molecule is O=C(Nc1ccc2oc3ccccc3c2c1)c1ccc(F)cc1Cl. The van der Waals surface area contributed by atoms with E-state index in [1.165, 1.54) is 12.1 Å². The van der Waals surface area contributed by atoms with Crippen LogP contribution in [0.15, 0.2) is 65.1 Å². The molecule has 4 rings (SSSR count). The topological polar surface area (TPSA) is 42.2 Å². The first-order chi connectivity index (χ1) is 11.6. The number of anilines is 1. The molecule has 0 spiro atoms. The quantitative estimate of drug-likeness (QED) is 0.514. The highest BCUT2D eigenvalue weighted by molar-refractivity contribution is 6.34. The lowest BCUT2D eigenvalue weighted by molar-refractivity contribution is 0.102. The molecule has 0 bridgehead atoms. The molecule has 0 atom stereocenters. The number of furan rings is 1. The summed E-state index contributed by atoms with van der Waals surface area (Å²) in [6.07, 6.45) is 0. The van der Waals surface area contributed by atoms with Gasteiger partial charge in [-0.2, -0.15) is 0 Å². The van der Waals surface area contributed by atoms with Crippen molar-refractivity contribution in [1.29, 1.82) is 0 Å². The molecule has 1 N–H and O–H groups in total. The van der Waals surface area contributed by atoms with E-state index in [4.69, 9.17) is 16.0 Å². The van der Waals surface area contributed by atoms with Gasteiger partial charge < -0.3 is 9.73 Å². The molecular weight excluding hydrogens is 329 g/mol. The summed E-state index contributed by atoms with van der Waals surface area (Å²) in [6, 6.07) is 16.8. The molecule has 1 heterocycles. The summed E-state index contributed by atoms with van der Waals surface area (Å²) in [5.74, 6) is -0.880. The van der Waals surface area contributed by atoms with Gasteiger partial charge in [0.25, 0.3) is 5.91 Å². The number of para-hydroxylation sites is 1. The molecule has 0 saturated heterocycles. The monoisotopic (exact) mass is 339 g/mol. The second kappa shape index (κ2) is 5.65. The molecule has 0 fully saturated rings. The third kappa shape index (κ3) is 2.51. The Labute approximate surface area is 141 Å². The van der Waals surface area contributed by atoms with E-state index in [9.17, 15) is 9.18 Å². The molecule has 1 amide bonds. The molecule has 24 heavy (non-hydrogen) atoms. The van der Waals surface area contributed by atoms with Gasteiger partial charge in [0.15, 0.2) is 0 Å². The van der Waals surface area contributed by atoms with Crippen LogP contribution in [-0.2, 0) is 0 Å². The Kier molecular flexibility index (Phi) is 3.47. The Morgan fingerprint density at radius 2 is 1.75 bits per heavy atom. The summed E-state index contributed by atoms with van der Waals surface area (Å²) in [4.78, 5) is 12.3. The fraction of sp³-hybridized carbons (Fsp3) is 0. The van der Waals surface area contributed by atoms with Crippen LogP contribution in [0.25, 0.3) is 21.9 Å². The van der Waals surface area contributed by atoms with Crippen LogP contribution in [0.2, 0.25) is 5.02 Å². The van der Waals surface area contributed by atoms with Crippen molar-refractivity contribution in [2.45, 2.75) is 0 Å². The first-order valence-corrected chi connectivity index (χ1v) is 7.67. The van der Waals surface area contributed by atoms with Crippen LogP contribution in [0.3, 0.4) is 0 Å². The van der Waals surface area contributed by atoms with Crippen LogP contribution in [-0.4, -0.2) is 5.91 Å². The lowest BCUT2D eigenvalue weighted by Crippen LogP contribution is -2.12. The molecule has 0 unspecified atom stereocenters. The molecule has 1 aromatic heterocycles. The highest BCUT2D eigenvalue weighted by Gasteiger charge is 2.13. The minimum Gasteiger partial charge on any atom is -0.456 e. The van der Waals surface area contributed by atoms with E-state index in [1.807, 2.05) is 30.3 Å². The maximum absolute atomic E-state index is 13.1. The molecule has 0 saturated carbocycles. The van der Waals surface area contributed by atoms with Gasteiger partial charge in [0, 0.05) is 16.5 Å². The van der Waals surface area contributed by atoms with E-state index >= 15 is 0 Å². The van der Waals surface area contributed by atoms with Gasteiger partial charge in [0.2, 0.25) is 0 Å². The molecule has 0 radical (unpaired) electrons. The smallest absolute Gasteiger partial charge is 0.257 e. The number of benzene rings is 3. The summed E-state index contributed by atoms with van der Waals surface area (Å²) >= 11 is 5.93. The van der Waals surface area contributed by atoms with Crippen molar-refractivity contribution in [1.82, 2.24) is 0 Å². The second-order valence-corrected chi connectivity index (χ2v) is 5.79. The van der Waals surface area contributed by atoms with Crippen LogP contribution in [0.4, 0.5) is 10.1 Å². The van der Waals surface area contributed by atoms with Crippen molar-refractivity contribution in [2.75, 3.05) is 5.32 Å². The number of fused-ring (bicyclic) bond motifs is 3. The molecule has 118 valence electrons. The molecule has 0 aliphatic heterocycles. The Balaban J connectivity index is 1.71. The third-order valence-electron chi connectivity index (χ3n) is 3.81. The number of nitrogens with one attached hydrogen (secondary N) is 1. The van der Waals surface area contributed by atoms with Crippen LogP contribution >= 0.6 is 11.6 Å². The van der Waals surface area contributed by atoms with Crippen molar-refractivity contribution >= 4 is 45.1 Å². The standard InChI is InChI=1S/C19H11ClFNO2/c20-16-9-11(21)5-7-14(16)19(23)22-12-6-8-18-15(10-12)13-3-1-2-4-17(13)24-18/h1-10H,(H,22,23). The average Bonchev–Trinajstić information content (AvgIpc) is 2.93. The van der Waals surface area contributed by atoms with Crippen LogP contribution < -0.4 is 5.32 Å². The van der Waals surface area contributed by atoms with Gasteiger partial charge >= 0.3 is 0 Å². The number of halogens is 2. The van der Waals surface area contributed by atoms with E-state index in [0.29, 0.717) is 5.69 Å². The van der Waals surface area contributed by atoms with Crippen LogP contribution in [0.1, 0.15) is 10.4 Å². The minimum atomic E-state index is -0.483. The Bertz CT molecular complexity index is 1090. The third-order valence-corrected chi connectivity index (χ3v) is 4.12. The average molecular weight is 340 g/mol. The van der Waals surface area contributed by atoms with E-state index in [1.54, 1.807) is 12.1 Å². The number of carbonyl (C=O) groups is 1. The molecule has 3 aromatic carbocycles. The molecule has 5 heteroatoms. The number of hydrogen-bond donors (Lipinski definition) is 1. The maximum atomic E-state index is 13.1. The van der Waals surface area contributed by atoms with Crippen LogP contribution in [0, 0.1) is 5.82 Å². The fourth-order valence-electron chi connectivity index (χ4n) is 2.68. The number of carbonyl (C=O) groups excluding carboxylic acids is 1. The summed E-state index contributed by atoms with van der Waals surface area (Å²) in [5.41, 5.74) is 2.36. The summed E-state index contributed by atoms with van der Waals surface area (Å²) < 4.78 is 18.9. The van der Waals surface area contributed by atoms with Crippen molar-refractivity contribution in [3.05, 3.63) is 77.1 Å². The normalized spacial score (nSPS) is 11.1. The minimum absolute atomic E-state index is 0.0716. The summed E-state index contributed by atoms with van der Waals surface area (Å²) in [6.45, 7) is 0. The second-order valence-electron chi connectivity index (χ2n) is 5.39. The van der Waals surface area contributed by atoms with Gasteiger partial charge in [-0.3, -0.25) is 4.79 Å². The Hall–Kier alpha value is -2.85. The van der Waals surface area contributed by atoms with Crippen molar-refractivity contribution < 1.29 is 13.6 Å². The van der Waals surface area contributed by atoms with Crippen molar-refractivity contribution in [3.8, 4) is 0 Å². The Morgan fingerprint density at radius 1 is 0.958 bits per heavy atom. The first kappa shape index (κ1) is 14.7.